The van der Waals surface area contributed by atoms with Crippen molar-refractivity contribution in [3.05, 3.63) is 0 Å². The van der Waals surface area contributed by atoms with Crippen LogP contribution >= 0.6 is 0 Å². The fraction of sp³-hybridized carbons (Fsp3) is 1.00. The van der Waals surface area contributed by atoms with Crippen LogP contribution in [0.4, 0.5) is 0 Å². The third-order valence-corrected chi connectivity index (χ3v) is 3.94. The molecule has 0 aliphatic heterocycles. The molecule has 0 saturated heterocycles. The van der Waals surface area contributed by atoms with E-state index in [-0.39, 0.29) is 47.9 Å². The summed E-state index contributed by atoms with van der Waals surface area (Å²) < 4.78 is 1.42. The molecule has 0 atom stereocenters. The average molecular weight is 488 g/mol. The maximum absolute atomic E-state index is 2.33. The number of quaternary nitrogens is 1. The van der Waals surface area contributed by atoms with Crippen LogP contribution < -0.4 is 24.0 Å². The van der Waals surface area contributed by atoms with Gasteiger partial charge in [-0.25, -0.2) is 0 Å². The van der Waals surface area contributed by atoms with Crippen molar-refractivity contribution in [3.8, 4) is 0 Å². The van der Waals surface area contributed by atoms with Gasteiger partial charge in [-0.05, 0) is 25.7 Å². The first kappa shape index (κ1) is 25.4. The molecule has 3 heteroatoms. The van der Waals surface area contributed by atoms with E-state index in [1.807, 2.05) is 0 Å². The van der Waals surface area contributed by atoms with Crippen LogP contribution in [0.2, 0.25) is 0 Å². The zero-order chi connectivity index (χ0) is 13.0. The van der Waals surface area contributed by atoms with Crippen LogP contribution in [0.25, 0.3) is 0 Å². The van der Waals surface area contributed by atoms with E-state index in [1.165, 1.54) is 82.0 Å². The summed E-state index contributed by atoms with van der Waals surface area (Å²) in [6.07, 6.45) is 11.1. The molecule has 19 heavy (non-hydrogen) atoms. The molecular formula is C16H36INSn. The van der Waals surface area contributed by atoms with Gasteiger partial charge in [-0.1, -0.05) is 53.4 Å². The minimum Gasteiger partial charge on any atom is -1.00 e. The van der Waals surface area contributed by atoms with Crippen LogP contribution in [0.3, 0.4) is 0 Å². The van der Waals surface area contributed by atoms with E-state index in [4.69, 9.17) is 0 Å². The SMILES string of the molecule is CCCC[N+](CCCC)(CCCC)CCCC.[I-].[Sn]. The number of rotatable bonds is 12. The summed E-state index contributed by atoms with van der Waals surface area (Å²) in [4.78, 5) is 0. The van der Waals surface area contributed by atoms with Gasteiger partial charge in [-0.3, -0.25) is 0 Å². The van der Waals surface area contributed by atoms with Gasteiger partial charge in [0.1, 0.15) is 0 Å². The Morgan fingerprint density at radius 3 is 0.895 bits per heavy atom. The Bertz CT molecular complexity index is 127. The number of unbranched alkanes of at least 4 members (excludes halogenated alkanes) is 4. The largest absolute Gasteiger partial charge is 1.00 e. The molecule has 0 aromatic heterocycles. The molecule has 0 amide bonds. The standard InChI is InChI=1S/C16H36N.HI.Sn/c1-5-9-13-17(14-10-6-2,15-11-7-3)16-12-8-4;;/h5-16H2,1-4H3;1H;/q+1;;/p-1. The molecule has 0 unspecified atom stereocenters. The molecule has 0 aromatic carbocycles. The van der Waals surface area contributed by atoms with Gasteiger partial charge >= 0.3 is 0 Å². The number of hydrogen-bond acceptors (Lipinski definition) is 0. The maximum atomic E-state index is 2.33. The maximum Gasteiger partial charge on any atom is 0.0786 e. The molecule has 0 aromatic rings. The fourth-order valence-corrected chi connectivity index (χ4v) is 2.64. The zero-order valence-electron chi connectivity index (χ0n) is 13.8. The quantitative estimate of drug-likeness (QED) is 0.223. The van der Waals surface area contributed by atoms with Gasteiger partial charge in [-0.2, -0.15) is 0 Å². The predicted molar refractivity (Wildman–Crippen MR) is 85.1 cm³/mol. The van der Waals surface area contributed by atoms with Crippen LogP contribution in [-0.4, -0.2) is 54.6 Å². The van der Waals surface area contributed by atoms with Crippen molar-refractivity contribution in [2.45, 2.75) is 79.1 Å². The van der Waals surface area contributed by atoms with Crippen molar-refractivity contribution in [1.29, 1.82) is 0 Å². The van der Waals surface area contributed by atoms with Gasteiger partial charge in [0.2, 0.25) is 0 Å². The minimum atomic E-state index is 0. The van der Waals surface area contributed by atoms with Gasteiger partial charge in [0.15, 0.2) is 0 Å². The molecule has 116 valence electrons. The van der Waals surface area contributed by atoms with Crippen LogP contribution in [-0.2, 0) is 0 Å². The first-order valence-electron chi connectivity index (χ1n) is 8.09. The van der Waals surface area contributed by atoms with Crippen molar-refractivity contribution < 1.29 is 28.5 Å². The Balaban J connectivity index is -0.00000128. The van der Waals surface area contributed by atoms with Crippen molar-refractivity contribution in [3.63, 3.8) is 0 Å². The van der Waals surface area contributed by atoms with Gasteiger partial charge in [0, 0.05) is 23.9 Å². The number of hydrogen-bond donors (Lipinski definition) is 0. The minimum absolute atomic E-state index is 0. The second kappa shape index (κ2) is 17.5. The number of nitrogens with zero attached hydrogens (tertiary/aromatic N) is 1. The smallest absolute Gasteiger partial charge is 0.0786 e. The normalized spacial score (nSPS) is 10.7. The van der Waals surface area contributed by atoms with E-state index in [0.29, 0.717) is 0 Å². The first-order chi connectivity index (χ1) is 8.24. The topological polar surface area (TPSA) is 0 Å². The molecule has 0 aliphatic rings. The average Bonchev–Trinajstić information content (AvgIpc) is 2.37. The third kappa shape index (κ3) is 12.9. The second-order valence-electron chi connectivity index (χ2n) is 5.65. The second-order valence-corrected chi connectivity index (χ2v) is 5.65. The van der Waals surface area contributed by atoms with E-state index in [9.17, 15) is 0 Å². The molecule has 0 bridgehead atoms. The van der Waals surface area contributed by atoms with Crippen LogP contribution in [0.1, 0.15) is 79.1 Å². The molecule has 0 aliphatic carbocycles. The summed E-state index contributed by atoms with van der Waals surface area (Å²) in [5, 5.41) is 0. The van der Waals surface area contributed by atoms with Crippen molar-refractivity contribution in [2.75, 3.05) is 26.2 Å². The molecule has 0 rings (SSSR count). The molecule has 1 nitrogen and oxygen atoms in total. The van der Waals surface area contributed by atoms with Gasteiger partial charge in [0.05, 0.1) is 26.2 Å². The summed E-state index contributed by atoms with van der Waals surface area (Å²) in [7, 11) is 0. The zero-order valence-corrected chi connectivity index (χ0v) is 18.8. The summed E-state index contributed by atoms with van der Waals surface area (Å²) >= 11 is 0. The van der Waals surface area contributed by atoms with Gasteiger partial charge < -0.3 is 28.5 Å². The predicted octanol–water partition coefficient (Wildman–Crippen LogP) is 1.63. The van der Waals surface area contributed by atoms with Crippen LogP contribution in [0.15, 0.2) is 0 Å². The molecule has 0 saturated carbocycles. The van der Waals surface area contributed by atoms with E-state index in [2.05, 4.69) is 27.7 Å². The number of halogens is 1. The van der Waals surface area contributed by atoms with Crippen molar-refractivity contribution >= 4 is 23.9 Å². The Morgan fingerprint density at radius 2 is 0.737 bits per heavy atom. The van der Waals surface area contributed by atoms with Crippen molar-refractivity contribution in [2.24, 2.45) is 0 Å². The monoisotopic (exact) mass is 489 g/mol. The molecule has 0 spiro atoms. The Morgan fingerprint density at radius 1 is 0.526 bits per heavy atom. The molecule has 0 heterocycles. The Kier molecular flexibility index (Phi) is 23.5. The molecule has 4 radical (unpaired) electrons. The summed E-state index contributed by atoms with van der Waals surface area (Å²) in [5.41, 5.74) is 0. The van der Waals surface area contributed by atoms with Crippen LogP contribution in [0, 0.1) is 0 Å². The van der Waals surface area contributed by atoms with Crippen molar-refractivity contribution in [1.82, 2.24) is 0 Å². The summed E-state index contributed by atoms with van der Waals surface area (Å²) in [5.74, 6) is 0. The molecule has 0 N–H and O–H groups in total. The van der Waals surface area contributed by atoms with Crippen LogP contribution in [0.5, 0.6) is 0 Å². The summed E-state index contributed by atoms with van der Waals surface area (Å²) in [6, 6.07) is 0. The van der Waals surface area contributed by atoms with E-state index < -0.39 is 0 Å². The molecule has 0 fully saturated rings. The van der Waals surface area contributed by atoms with E-state index in [0.717, 1.165) is 0 Å². The van der Waals surface area contributed by atoms with E-state index >= 15 is 0 Å². The molecular weight excluding hydrogens is 452 g/mol. The van der Waals surface area contributed by atoms with Gasteiger partial charge in [0.25, 0.3) is 0 Å². The summed E-state index contributed by atoms with van der Waals surface area (Å²) in [6.45, 7) is 15.0. The first-order valence-corrected chi connectivity index (χ1v) is 8.09. The van der Waals surface area contributed by atoms with E-state index in [1.54, 1.807) is 0 Å². The third-order valence-electron chi connectivity index (χ3n) is 3.94. The Hall–Kier alpha value is 1.49. The van der Waals surface area contributed by atoms with Gasteiger partial charge in [-0.15, -0.1) is 0 Å². The fourth-order valence-electron chi connectivity index (χ4n) is 2.64. The Labute approximate surface area is 156 Å².